The van der Waals surface area contributed by atoms with Crippen molar-refractivity contribution in [3.05, 3.63) is 35.4 Å². The molecule has 0 aliphatic heterocycles. The second-order valence-electron chi connectivity index (χ2n) is 8.97. The van der Waals surface area contributed by atoms with Gasteiger partial charge in [0.05, 0.1) is 0 Å². The Morgan fingerprint density at radius 3 is 1.63 bits per heavy atom. The molecule has 0 atom stereocenters. The molecule has 1 N–H and O–H groups in total. The Labute approximate surface area is 168 Å². The van der Waals surface area contributed by atoms with Crippen LogP contribution in [-0.4, -0.2) is 12.5 Å². The first kappa shape index (κ1) is 23.7. The molecule has 0 aliphatic carbocycles. The Morgan fingerprint density at radius 1 is 0.741 bits per heavy atom. The van der Waals surface area contributed by atoms with Gasteiger partial charge in [-0.15, -0.1) is 0 Å². The lowest BCUT2D eigenvalue weighted by molar-refractivity contribution is 0.0953. The summed E-state index contributed by atoms with van der Waals surface area (Å²) in [5.41, 5.74) is 2.16. The van der Waals surface area contributed by atoms with Crippen LogP contribution in [0.25, 0.3) is 0 Å². The Morgan fingerprint density at radius 2 is 1.19 bits per heavy atom. The molecule has 0 aromatic heterocycles. The standard InChI is InChI=1S/C25H43NO/c1-5-6-7-8-9-10-11-12-13-14-15-16-21-26-24(27)22-17-19-23(20-18-22)25(2,3)4/h17-20H,5-16,21H2,1-4H3,(H,26,27). The van der Waals surface area contributed by atoms with Crippen LogP contribution in [0.4, 0.5) is 0 Å². The lowest BCUT2D eigenvalue weighted by atomic mass is 9.87. The van der Waals surface area contributed by atoms with Gasteiger partial charge in [0.25, 0.3) is 5.91 Å². The minimum absolute atomic E-state index is 0.0542. The van der Waals surface area contributed by atoms with E-state index in [0.717, 1.165) is 18.5 Å². The van der Waals surface area contributed by atoms with E-state index in [1.807, 2.05) is 12.1 Å². The molecule has 0 saturated carbocycles. The van der Waals surface area contributed by atoms with Gasteiger partial charge in [-0.05, 0) is 29.5 Å². The average Bonchev–Trinajstić information content (AvgIpc) is 2.64. The van der Waals surface area contributed by atoms with Crippen LogP contribution in [0.2, 0.25) is 0 Å². The predicted octanol–water partition coefficient (Wildman–Crippen LogP) is 7.42. The largest absolute Gasteiger partial charge is 0.352 e. The molecule has 154 valence electrons. The number of amides is 1. The lowest BCUT2D eigenvalue weighted by Crippen LogP contribution is -2.24. The van der Waals surface area contributed by atoms with Crippen molar-refractivity contribution in [3.8, 4) is 0 Å². The van der Waals surface area contributed by atoms with Gasteiger partial charge in [-0.25, -0.2) is 0 Å². The van der Waals surface area contributed by atoms with Gasteiger partial charge in [-0.1, -0.05) is 110 Å². The zero-order valence-corrected chi connectivity index (χ0v) is 18.4. The number of rotatable bonds is 14. The van der Waals surface area contributed by atoms with Crippen molar-refractivity contribution in [1.29, 1.82) is 0 Å². The van der Waals surface area contributed by atoms with E-state index in [0.29, 0.717) is 0 Å². The predicted molar refractivity (Wildman–Crippen MR) is 119 cm³/mol. The first-order valence-electron chi connectivity index (χ1n) is 11.3. The molecule has 1 amide bonds. The second-order valence-corrected chi connectivity index (χ2v) is 8.97. The number of carbonyl (C=O) groups is 1. The summed E-state index contributed by atoms with van der Waals surface area (Å²) in [7, 11) is 0. The first-order chi connectivity index (χ1) is 12.9. The Kier molecular flexibility index (Phi) is 12.1. The maximum Gasteiger partial charge on any atom is 0.251 e. The van der Waals surface area contributed by atoms with Crippen LogP contribution in [0.1, 0.15) is 121 Å². The summed E-state index contributed by atoms with van der Waals surface area (Å²) in [6.45, 7) is 9.63. The van der Waals surface area contributed by atoms with Gasteiger partial charge in [0, 0.05) is 12.1 Å². The molecule has 0 spiro atoms. The fourth-order valence-corrected chi connectivity index (χ4v) is 3.39. The van der Waals surface area contributed by atoms with Crippen LogP contribution in [0.15, 0.2) is 24.3 Å². The quantitative estimate of drug-likeness (QED) is 0.338. The van der Waals surface area contributed by atoms with Gasteiger partial charge in [0.15, 0.2) is 0 Å². The summed E-state index contributed by atoms with van der Waals surface area (Å²) < 4.78 is 0. The molecule has 0 fully saturated rings. The maximum atomic E-state index is 12.2. The molecule has 0 bridgehead atoms. The Balaban J connectivity index is 1.99. The number of nitrogens with one attached hydrogen (secondary N) is 1. The zero-order chi connectivity index (χ0) is 20.0. The fraction of sp³-hybridized carbons (Fsp3) is 0.720. The summed E-state index contributed by atoms with van der Waals surface area (Å²) in [5.74, 6) is 0.0542. The van der Waals surface area contributed by atoms with Gasteiger partial charge in [-0.2, -0.15) is 0 Å². The third kappa shape index (κ3) is 11.2. The molecule has 27 heavy (non-hydrogen) atoms. The molecular weight excluding hydrogens is 330 g/mol. The molecule has 0 aliphatic rings. The number of hydrogen-bond acceptors (Lipinski definition) is 1. The monoisotopic (exact) mass is 373 g/mol. The van der Waals surface area contributed by atoms with Gasteiger partial charge in [0.1, 0.15) is 0 Å². The smallest absolute Gasteiger partial charge is 0.251 e. The SMILES string of the molecule is CCCCCCCCCCCCCCNC(=O)c1ccc(C(C)(C)C)cc1. The van der Waals surface area contributed by atoms with E-state index in [-0.39, 0.29) is 11.3 Å². The van der Waals surface area contributed by atoms with Crippen LogP contribution in [0, 0.1) is 0 Å². The molecule has 1 aromatic rings. The topological polar surface area (TPSA) is 29.1 Å². The third-order valence-corrected chi connectivity index (χ3v) is 5.33. The highest BCUT2D eigenvalue weighted by Gasteiger charge is 2.14. The molecule has 1 aromatic carbocycles. The van der Waals surface area contributed by atoms with Gasteiger partial charge >= 0.3 is 0 Å². The third-order valence-electron chi connectivity index (χ3n) is 5.33. The van der Waals surface area contributed by atoms with E-state index in [2.05, 4.69) is 45.1 Å². The summed E-state index contributed by atoms with van der Waals surface area (Å²) in [6.07, 6.45) is 16.1. The number of carbonyl (C=O) groups excluding carboxylic acids is 1. The summed E-state index contributed by atoms with van der Waals surface area (Å²) in [6, 6.07) is 8.02. The second kappa shape index (κ2) is 13.8. The van der Waals surface area contributed by atoms with Crippen LogP contribution in [0.3, 0.4) is 0 Å². The van der Waals surface area contributed by atoms with Gasteiger partial charge in [0.2, 0.25) is 0 Å². The van der Waals surface area contributed by atoms with Crippen molar-refractivity contribution < 1.29 is 4.79 Å². The van der Waals surface area contributed by atoms with Crippen LogP contribution < -0.4 is 5.32 Å². The minimum atomic E-state index is 0.0542. The maximum absolute atomic E-state index is 12.2. The molecule has 0 radical (unpaired) electrons. The summed E-state index contributed by atoms with van der Waals surface area (Å²) in [5, 5.41) is 3.05. The van der Waals surface area contributed by atoms with Crippen molar-refractivity contribution >= 4 is 5.91 Å². The van der Waals surface area contributed by atoms with Crippen molar-refractivity contribution in [2.45, 2.75) is 110 Å². The Hall–Kier alpha value is -1.31. The van der Waals surface area contributed by atoms with E-state index in [9.17, 15) is 4.79 Å². The lowest BCUT2D eigenvalue weighted by Gasteiger charge is -2.19. The van der Waals surface area contributed by atoms with E-state index >= 15 is 0 Å². The zero-order valence-electron chi connectivity index (χ0n) is 18.4. The van der Waals surface area contributed by atoms with Crippen LogP contribution >= 0.6 is 0 Å². The number of unbranched alkanes of at least 4 members (excludes halogenated alkanes) is 11. The fourth-order valence-electron chi connectivity index (χ4n) is 3.39. The van der Waals surface area contributed by atoms with E-state index in [4.69, 9.17) is 0 Å². The van der Waals surface area contributed by atoms with Gasteiger partial charge < -0.3 is 5.32 Å². The van der Waals surface area contributed by atoms with E-state index < -0.39 is 0 Å². The van der Waals surface area contributed by atoms with Crippen molar-refractivity contribution in [3.63, 3.8) is 0 Å². The van der Waals surface area contributed by atoms with Crippen LogP contribution in [-0.2, 0) is 5.41 Å². The van der Waals surface area contributed by atoms with Crippen molar-refractivity contribution in [1.82, 2.24) is 5.32 Å². The molecule has 0 unspecified atom stereocenters. The first-order valence-corrected chi connectivity index (χ1v) is 11.3. The normalized spacial score (nSPS) is 11.6. The van der Waals surface area contributed by atoms with E-state index in [1.54, 1.807) is 0 Å². The number of benzene rings is 1. The molecule has 1 rings (SSSR count). The molecular formula is C25H43NO. The summed E-state index contributed by atoms with van der Waals surface area (Å²) >= 11 is 0. The van der Waals surface area contributed by atoms with Crippen molar-refractivity contribution in [2.24, 2.45) is 0 Å². The Bertz CT molecular complexity index is 498. The average molecular weight is 374 g/mol. The molecule has 0 saturated heterocycles. The minimum Gasteiger partial charge on any atom is -0.352 e. The highest BCUT2D eigenvalue weighted by atomic mass is 16.1. The molecule has 0 heterocycles. The van der Waals surface area contributed by atoms with Crippen molar-refractivity contribution in [2.75, 3.05) is 6.54 Å². The molecule has 2 heteroatoms. The van der Waals surface area contributed by atoms with Crippen LogP contribution in [0.5, 0.6) is 0 Å². The highest BCUT2D eigenvalue weighted by molar-refractivity contribution is 5.94. The van der Waals surface area contributed by atoms with E-state index in [1.165, 1.54) is 76.2 Å². The van der Waals surface area contributed by atoms with Gasteiger partial charge in [-0.3, -0.25) is 4.79 Å². The number of hydrogen-bond donors (Lipinski definition) is 1. The molecule has 2 nitrogen and oxygen atoms in total. The highest BCUT2D eigenvalue weighted by Crippen LogP contribution is 2.22. The summed E-state index contributed by atoms with van der Waals surface area (Å²) in [4.78, 5) is 12.2.